The fraction of sp³-hybridized carbons (Fsp3) is 0.619. The van der Waals surface area contributed by atoms with E-state index < -0.39 is 68.5 Å². The first kappa shape index (κ1) is 40.1. The maximum absolute atomic E-state index is 14.9. The Hall–Kier alpha value is -4.73. The molecule has 15 nitrogen and oxygen atoms in total. The molecule has 58 heavy (non-hydrogen) atoms. The number of methoxy groups -OCH3 is 1. The van der Waals surface area contributed by atoms with Crippen LogP contribution in [0, 0.1) is 23.7 Å². The maximum Gasteiger partial charge on any atom is 0.306 e. The summed E-state index contributed by atoms with van der Waals surface area (Å²) >= 11 is 0. The van der Waals surface area contributed by atoms with Gasteiger partial charge in [-0.05, 0) is 88.2 Å². The lowest BCUT2D eigenvalue weighted by Crippen LogP contribution is -2.57. The summed E-state index contributed by atoms with van der Waals surface area (Å²) < 4.78 is 47.4. The van der Waals surface area contributed by atoms with E-state index in [1.54, 1.807) is 18.2 Å². The number of hydrogen-bond acceptors (Lipinski definition) is 11. The highest BCUT2D eigenvalue weighted by Gasteiger charge is 2.62. The van der Waals surface area contributed by atoms with E-state index in [-0.39, 0.29) is 61.9 Å². The number of allylic oxidation sites excluding steroid dienone is 2. The van der Waals surface area contributed by atoms with Crippen molar-refractivity contribution in [2.24, 2.45) is 23.7 Å². The number of rotatable bonds is 8. The van der Waals surface area contributed by atoms with Crippen LogP contribution in [0.3, 0.4) is 0 Å². The number of fused-ring (bicyclic) bond motifs is 5. The second kappa shape index (κ2) is 16.1. The third kappa shape index (κ3) is 7.87. The molecular formula is C42H53N5O10S. The highest BCUT2D eigenvalue weighted by Crippen LogP contribution is 2.46. The van der Waals surface area contributed by atoms with E-state index in [9.17, 15) is 32.4 Å². The van der Waals surface area contributed by atoms with Crippen molar-refractivity contribution in [3.05, 3.63) is 53.4 Å². The molecule has 7 atom stereocenters. The van der Waals surface area contributed by atoms with Gasteiger partial charge < -0.3 is 24.4 Å². The lowest BCUT2D eigenvalue weighted by molar-refractivity contribution is -0.156. The minimum Gasteiger partial charge on any atom is -0.494 e. The van der Waals surface area contributed by atoms with Crippen molar-refractivity contribution in [1.29, 1.82) is 0 Å². The number of sulfonamides is 1. The van der Waals surface area contributed by atoms with Crippen molar-refractivity contribution >= 4 is 44.6 Å². The summed E-state index contributed by atoms with van der Waals surface area (Å²) in [5.74, 6) is -3.17. The summed E-state index contributed by atoms with van der Waals surface area (Å²) in [6.45, 7) is 3.87. The van der Waals surface area contributed by atoms with Gasteiger partial charge >= 0.3 is 12.0 Å². The molecule has 3 heterocycles. The molecule has 6 aliphatic rings. The molecule has 8 rings (SSSR count). The van der Waals surface area contributed by atoms with Crippen LogP contribution in [0.1, 0.15) is 89.9 Å². The molecule has 16 heteroatoms. The lowest BCUT2D eigenvalue weighted by Gasteiger charge is -2.32. The van der Waals surface area contributed by atoms with Crippen molar-refractivity contribution in [2.75, 3.05) is 13.7 Å². The molecule has 0 radical (unpaired) electrons. The van der Waals surface area contributed by atoms with Gasteiger partial charge in [0, 0.05) is 18.9 Å². The maximum atomic E-state index is 14.9. The van der Waals surface area contributed by atoms with E-state index in [1.807, 2.05) is 12.2 Å². The van der Waals surface area contributed by atoms with Crippen LogP contribution < -0.4 is 25.1 Å². The molecular weight excluding hydrogens is 767 g/mol. The van der Waals surface area contributed by atoms with Crippen LogP contribution in [0.25, 0.3) is 10.9 Å². The number of esters is 1. The van der Waals surface area contributed by atoms with E-state index in [4.69, 9.17) is 19.2 Å². The Morgan fingerprint density at radius 1 is 1.00 bits per heavy atom. The molecule has 4 aliphatic carbocycles. The first-order valence-corrected chi connectivity index (χ1v) is 22.4. The summed E-state index contributed by atoms with van der Waals surface area (Å²) in [7, 11) is -2.43. The van der Waals surface area contributed by atoms with E-state index >= 15 is 0 Å². The first-order valence-electron chi connectivity index (χ1n) is 20.8. The van der Waals surface area contributed by atoms with Gasteiger partial charge in [-0.3, -0.25) is 33.3 Å². The van der Waals surface area contributed by atoms with Gasteiger partial charge in [0.1, 0.15) is 35.1 Å². The topological polar surface area (TPSA) is 192 Å². The molecule has 312 valence electrons. The third-order valence-electron chi connectivity index (χ3n) is 13.2. The number of nitrogens with zero attached hydrogens (tertiary/aromatic N) is 3. The minimum absolute atomic E-state index is 0.00644. The fourth-order valence-corrected chi connectivity index (χ4v) is 11.0. The molecule has 1 aromatic carbocycles. The van der Waals surface area contributed by atoms with Crippen LogP contribution in [0.5, 0.6) is 11.8 Å². The zero-order valence-electron chi connectivity index (χ0n) is 32.9. The first-order chi connectivity index (χ1) is 27.9. The number of carbonyl (C=O) groups excluding carboxylic acids is 4. The van der Waals surface area contributed by atoms with Crippen LogP contribution >= 0.6 is 0 Å². The van der Waals surface area contributed by atoms with Gasteiger partial charge in [0.15, 0.2) is 0 Å². The molecule has 2 aliphatic heterocycles. The summed E-state index contributed by atoms with van der Waals surface area (Å²) in [5, 5.41) is 2.52. The fourth-order valence-electron chi connectivity index (χ4n) is 9.68. The van der Waals surface area contributed by atoms with Gasteiger partial charge in [0.25, 0.3) is 11.5 Å². The van der Waals surface area contributed by atoms with Crippen LogP contribution in [0.4, 0.5) is 0 Å². The van der Waals surface area contributed by atoms with E-state index in [1.165, 1.54) is 22.7 Å². The average molecular weight is 820 g/mol. The quantitative estimate of drug-likeness (QED) is 0.292. The number of nitrogens with one attached hydrogen (secondary N) is 2. The minimum atomic E-state index is -3.92. The normalized spacial score (nSPS) is 31.2. The number of amides is 3. The van der Waals surface area contributed by atoms with Crippen molar-refractivity contribution in [2.45, 2.75) is 125 Å². The predicted octanol–water partition coefficient (Wildman–Crippen LogP) is 3.68. The Kier molecular flexibility index (Phi) is 11.1. The zero-order chi connectivity index (χ0) is 40.8. The second-order valence-corrected chi connectivity index (χ2v) is 18.9. The molecule has 4 saturated carbocycles. The Labute approximate surface area is 338 Å². The van der Waals surface area contributed by atoms with Crippen molar-refractivity contribution < 1.29 is 41.8 Å². The summed E-state index contributed by atoms with van der Waals surface area (Å²) in [5.41, 5.74) is -1.62. The molecule has 5 fully saturated rings. The highest BCUT2D eigenvalue weighted by atomic mass is 32.2. The monoisotopic (exact) mass is 819 g/mol. The number of hydrogen-bond donors (Lipinski definition) is 2. The summed E-state index contributed by atoms with van der Waals surface area (Å²) in [6.07, 6.45) is 12.7. The van der Waals surface area contributed by atoms with E-state index in [0.29, 0.717) is 29.5 Å². The Bertz CT molecular complexity index is 2180. The summed E-state index contributed by atoms with van der Waals surface area (Å²) in [6, 6.07) is 3.92. The number of ether oxygens (including phenoxy) is 3. The molecule has 2 aromatic rings. The number of benzene rings is 1. The zero-order valence-corrected chi connectivity index (χ0v) is 33.8. The largest absolute Gasteiger partial charge is 0.494 e. The van der Waals surface area contributed by atoms with Gasteiger partial charge in [-0.15, -0.1) is 6.58 Å². The molecule has 2 bridgehead atoms. The predicted molar refractivity (Wildman–Crippen MR) is 212 cm³/mol. The lowest BCUT2D eigenvalue weighted by atomic mass is 9.86. The van der Waals surface area contributed by atoms with Crippen LogP contribution in [0.2, 0.25) is 0 Å². The van der Waals surface area contributed by atoms with Gasteiger partial charge in [-0.25, -0.2) is 8.42 Å². The van der Waals surface area contributed by atoms with Crippen LogP contribution in [0.15, 0.2) is 47.8 Å². The average Bonchev–Trinajstić information content (AvgIpc) is 3.99. The second-order valence-electron chi connectivity index (χ2n) is 17.0. The Morgan fingerprint density at radius 2 is 1.78 bits per heavy atom. The highest BCUT2D eigenvalue weighted by molar-refractivity contribution is 7.91. The molecule has 1 aromatic heterocycles. The van der Waals surface area contributed by atoms with Crippen LogP contribution in [-0.4, -0.2) is 89.3 Å². The van der Waals surface area contributed by atoms with Gasteiger partial charge in [0.05, 0.1) is 36.6 Å². The third-order valence-corrected chi connectivity index (χ3v) is 15.0. The molecule has 3 amide bonds. The van der Waals surface area contributed by atoms with Crippen molar-refractivity contribution in [1.82, 2.24) is 24.5 Å². The van der Waals surface area contributed by atoms with E-state index in [0.717, 1.165) is 57.8 Å². The Morgan fingerprint density at radius 3 is 2.50 bits per heavy atom. The SMILES string of the molecule is C=C[C@@H]1C[C@]1(NC(=O)[C@@H]1C[C@@H]2CN1C(=O)[C@H](C1CCCC1)CC(=O)O[C@@H]1CCC[C@H]1CC/C=C/Cn1c(nc3c(OC)cccc3c1=O)O2)C(=O)NS(=O)(=O)C1CC1. The molecule has 2 N–H and O–H groups in total. The number of para-hydroxylation sites is 1. The molecule has 1 saturated heterocycles. The number of aromatic nitrogens is 2. The Balaban J connectivity index is 1.16. The van der Waals surface area contributed by atoms with E-state index in [2.05, 4.69) is 16.6 Å². The van der Waals surface area contributed by atoms with Gasteiger partial charge in [0.2, 0.25) is 21.8 Å². The molecule has 0 unspecified atom stereocenters. The standard InChI is InChI=1S/C42H53N5O10S/c1-3-27-23-42(27,40(52)45-58(53,54)29-18-19-29)44-37(49)32-21-28-24-47(32)39(51)31(25-11-6-7-12-25)22-35(48)57-33-16-9-14-26(33)13-5-4-8-20-46-38(50)30-15-10-17-34(55-2)36(30)43-41(46)56-28/h3-4,8,10,15,17,25-29,31-33H,1,5-7,9,11-14,16,18-24H2,2H3,(H,44,49)(H,45,52)/b8-4+/t26-,27-,28-,31+,32+,33-,42-/m1/s1. The smallest absolute Gasteiger partial charge is 0.306 e. The summed E-state index contributed by atoms with van der Waals surface area (Å²) in [4.78, 5) is 77.1. The van der Waals surface area contributed by atoms with Crippen molar-refractivity contribution in [3.63, 3.8) is 0 Å². The van der Waals surface area contributed by atoms with Gasteiger partial charge in [-0.2, -0.15) is 4.98 Å². The number of carbonyl (C=O) groups is 4. The molecule has 0 spiro atoms. The van der Waals surface area contributed by atoms with Crippen LogP contribution in [-0.2, 0) is 40.5 Å². The van der Waals surface area contributed by atoms with Crippen molar-refractivity contribution in [3.8, 4) is 11.8 Å². The van der Waals surface area contributed by atoms with Gasteiger partial charge in [-0.1, -0.05) is 37.1 Å².